The minimum absolute atomic E-state index is 0.0380. The molecular formula is C25H31NO7. The molecule has 0 bridgehead atoms. The van der Waals surface area contributed by atoms with Gasteiger partial charge in [0.1, 0.15) is 22.7 Å². The number of nitrogens with zero attached hydrogens (tertiary/aromatic N) is 1. The third-order valence-electron chi connectivity index (χ3n) is 8.94. The Morgan fingerprint density at radius 1 is 1.18 bits per heavy atom. The lowest BCUT2D eigenvalue weighted by Gasteiger charge is -2.66. The lowest BCUT2D eigenvalue weighted by molar-refractivity contribution is -0.264. The fourth-order valence-corrected chi connectivity index (χ4v) is 7.08. The van der Waals surface area contributed by atoms with E-state index in [0.29, 0.717) is 24.8 Å². The summed E-state index contributed by atoms with van der Waals surface area (Å²) in [5, 5.41) is 43.9. The lowest BCUT2D eigenvalue weighted by Crippen LogP contribution is -2.70. The van der Waals surface area contributed by atoms with Gasteiger partial charge in [0.25, 0.3) is 0 Å². The summed E-state index contributed by atoms with van der Waals surface area (Å²) >= 11 is 0. The molecule has 178 valence electrons. The third-order valence-corrected chi connectivity index (χ3v) is 8.94. The van der Waals surface area contributed by atoms with Gasteiger partial charge in [0, 0.05) is 35.4 Å². The van der Waals surface area contributed by atoms with Crippen LogP contribution in [0.25, 0.3) is 11.3 Å². The van der Waals surface area contributed by atoms with E-state index in [4.69, 9.17) is 9.15 Å². The first kappa shape index (κ1) is 22.5. The van der Waals surface area contributed by atoms with Crippen LogP contribution in [-0.4, -0.2) is 49.8 Å². The van der Waals surface area contributed by atoms with Gasteiger partial charge in [0.15, 0.2) is 0 Å². The van der Waals surface area contributed by atoms with Gasteiger partial charge in [0.05, 0.1) is 24.9 Å². The third kappa shape index (κ3) is 2.97. The zero-order chi connectivity index (χ0) is 23.8. The molecule has 4 N–H and O–H groups in total. The number of aliphatic hydroxyl groups excluding tert-OH is 4. The molecule has 3 heterocycles. The van der Waals surface area contributed by atoms with E-state index >= 15 is 0 Å². The maximum absolute atomic E-state index is 13.1. The Morgan fingerprint density at radius 2 is 1.94 bits per heavy atom. The summed E-state index contributed by atoms with van der Waals surface area (Å²) in [6.07, 6.45) is 1.56. The summed E-state index contributed by atoms with van der Waals surface area (Å²) in [6, 6.07) is 5.05. The molecule has 0 aromatic carbocycles. The van der Waals surface area contributed by atoms with Gasteiger partial charge in [-0.05, 0) is 49.7 Å². The minimum Gasteiger partial charge on any atom is -0.484 e. The van der Waals surface area contributed by atoms with Crippen molar-refractivity contribution < 1.29 is 29.6 Å². The molecule has 8 heteroatoms. The van der Waals surface area contributed by atoms with Crippen LogP contribution in [0.2, 0.25) is 0 Å². The van der Waals surface area contributed by atoms with Crippen molar-refractivity contribution in [2.75, 3.05) is 6.61 Å². The first-order valence-corrected chi connectivity index (χ1v) is 11.5. The minimum atomic E-state index is -1.24. The van der Waals surface area contributed by atoms with E-state index in [1.807, 2.05) is 13.8 Å². The number of aliphatic hydroxyl groups is 4. The summed E-state index contributed by atoms with van der Waals surface area (Å²) in [5.74, 6) is -0.465. The van der Waals surface area contributed by atoms with E-state index in [1.165, 1.54) is 0 Å². The first-order valence-electron chi connectivity index (χ1n) is 11.5. The molecule has 5 rings (SSSR count). The Labute approximate surface area is 191 Å². The number of ether oxygens (including phenoxy) is 1. The topological polar surface area (TPSA) is 133 Å². The maximum Gasteiger partial charge on any atom is 0.345 e. The second-order valence-corrected chi connectivity index (χ2v) is 10.7. The van der Waals surface area contributed by atoms with Crippen molar-refractivity contribution in [3.05, 3.63) is 46.6 Å². The maximum atomic E-state index is 13.1. The van der Waals surface area contributed by atoms with Crippen molar-refractivity contribution in [1.29, 1.82) is 0 Å². The number of hydrogen-bond donors (Lipinski definition) is 4. The van der Waals surface area contributed by atoms with Crippen molar-refractivity contribution in [3.8, 4) is 17.1 Å². The lowest BCUT2D eigenvalue weighted by atomic mass is 9.42. The van der Waals surface area contributed by atoms with Crippen LogP contribution < -0.4 is 10.4 Å². The molecule has 2 aromatic rings. The molecule has 2 aromatic heterocycles. The molecule has 2 saturated carbocycles. The molecule has 0 spiro atoms. The van der Waals surface area contributed by atoms with Crippen LogP contribution in [-0.2, 0) is 0 Å². The fraction of sp³-hybridized carbons (Fsp3) is 0.600. The summed E-state index contributed by atoms with van der Waals surface area (Å²) in [5.41, 5.74) is -2.67. The smallest absolute Gasteiger partial charge is 0.345 e. The number of hydrogen-bond acceptors (Lipinski definition) is 8. The predicted molar refractivity (Wildman–Crippen MR) is 118 cm³/mol. The van der Waals surface area contributed by atoms with Gasteiger partial charge >= 0.3 is 5.63 Å². The van der Waals surface area contributed by atoms with Crippen LogP contribution in [0, 0.1) is 22.7 Å². The van der Waals surface area contributed by atoms with E-state index in [-0.39, 0.29) is 29.6 Å². The second kappa shape index (κ2) is 7.37. The molecule has 1 aliphatic heterocycles. The number of pyridine rings is 1. The van der Waals surface area contributed by atoms with Crippen molar-refractivity contribution in [2.45, 2.75) is 63.9 Å². The van der Waals surface area contributed by atoms with Crippen LogP contribution >= 0.6 is 0 Å². The highest BCUT2D eigenvalue weighted by molar-refractivity contribution is 5.59. The zero-order valence-electron chi connectivity index (χ0n) is 19.1. The summed E-state index contributed by atoms with van der Waals surface area (Å²) < 4.78 is 11.9. The van der Waals surface area contributed by atoms with E-state index in [9.17, 15) is 25.2 Å². The summed E-state index contributed by atoms with van der Waals surface area (Å²) in [7, 11) is 0. The van der Waals surface area contributed by atoms with E-state index in [2.05, 4.69) is 4.98 Å². The molecule has 3 unspecified atom stereocenters. The molecule has 2 fully saturated rings. The first-order chi connectivity index (χ1) is 15.6. The van der Waals surface area contributed by atoms with E-state index in [1.54, 1.807) is 37.5 Å². The van der Waals surface area contributed by atoms with Gasteiger partial charge in [-0.25, -0.2) is 4.79 Å². The van der Waals surface area contributed by atoms with Gasteiger partial charge in [-0.3, -0.25) is 4.98 Å². The number of rotatable bonds is 2. The Hall–Kier alpha value is -2.26. The van der Waals surface area contributed by atoms with Crippen LogP contribution in [0.4, 0.5) is 0 Å². The van der Waals surface area contributed by atoms with Crippen LogP contribution in [0.15, 0.2) is 39.8 Å². The largest absolute Gasteiger partial charge is 0.484 e. The Morgan fingerprint density at radius 3 is 2.61 bits per heavy atom. The summed E-state index contributed by atoms with van der Waals surface area (Å²) in [4.78, 5) is 17.1. The van der Waals surface area contributed by atoms with Crippen molar-refractivity contribution in [3.63, 3.8) is 0 Å². The normalized spacial score (nSPS) is 42.0. The fourth-order valence-electron chi connectivity index (χ4n) is 7.08. The van der Waals surface area contributed by atoms with Crippen molar-refractivity contribution >= 4 is 0 Å². The molecule has 8 atom stereocenters. The average Bonchev–Trinajstić information content (AvgIpc) is 2.78. The van der Waals surface area contributed by atoms with Crippen LogP contribution in [0.3, 0.4) is 0 Å². The highest BCUT2D eigenvalue weighted by Crippen LogP contribution is 2.66. The Balaban J connectivity index is 1.65. The zero-order valence-corrected chi connectivity index (χ0v) is 19.1. The molecule has 0 saturated heterocycles. The predicted octanol–water partition coefficient (Wildman–Crippen LogP) is 2.04. The van der Waals surface area contributed by atoms with Crippen LogP contribution in [0.5, 0.6) is 5.75 Å². The number of fused-ring (bicyclic) bond motifs is 4. The van der Waals surface area contributed by atoms with Gasteiger partial charge < -0.3 is 29.6 Å². The molecule has 8 nitrogen and oxygen atoms in total. The summed E-state index contributed by atoms with van der Waals surface area (Å²) in [6.45, 7) is 5.37. The van der Waals surface area contributed by atoms with Crippen molar-refractivity contribution in [1.82, 2.24) is 4.98 Å². The second-order valence-electron chi connectivity index (χ2n) is 10.7. The Kier molecular flexibility index (Phi) is 5.03. The molecule has 0 radical (unpaired) electrons. The average molecular weight is 458 g/mol. The van der Waals surface area contributed by atoms with E-state index < -0.39 is 46.3 Å². The SMILES string of the molecule is CC12Oc3cc(-c4cccnc4)oc(=O)c3[C@H](O)C1[C@@]1(C)CC[C@H](O)[C@](C)(CO)C1C[C@@H]2O. The molecule has 2 aliphatic carbocycles. The molecular weight excluding hydrogens is 426 g/mol. The molecule has 33 heavy (non-hydrogen) atoms. The van der Waals surface area contributed by atoms with E-state index in [0.717, 1.165) is 0 Å². The van der Waals surface area contributed by atoms with Gasteiger partial charge in [-0.1, -0.05) is 13.8 Å². The van der Waals surface area contributed by atoms with Gasteiger partial charge in [0.2, 0.25) is 0 Å². The Bertz CT molecular complexity index is 1120. The molecule has 0 amide bonds. The number of aromatic nitrogens is 1. The highest BCUT2D eigenvalue weighted by Gasteiger charge is 2.68. The van der Waals surface area contributed by atoms with Crippen LogP contribution in [0.1, 0.15) is 51.7 Å². The standard InChI is InChI=1S/C25H31NO7/c1-23-7-6-17(28)24(2,12-27)16(23)10-18(29)25(3)21(23)20(30)19-15(33-25)9-14(32-22(19)31)13-5-4-8-26-11-13/h4-5,8-9,11,16-18,20-21,27-30H,6-7,10,12H2,1-3H3/t16?,17-,18-,20-,21?,23-,24+,25?/m0/s1. The quantitative estimate of drug-likeness (QED) is 0.539. The van der Waals surface area contributed by atoms with Gasteiger partial charge in [-0.2, -0.15) is 0 Å². The monoisotopic (exact) mass is 457 g/mol. The highest BCUT2D eigenvalue weighted by atomic mass is 16.5. The van der Waals surface area contributed by atoms with Crippen molar-refractivity contribution in [2.24, 2.45) is 22.7 Å². The molecule has 3 aliphatic rings. The van der Waals surface area contributed by atoms with Gasteiger partial charge in [-0.15, -0.1) is 0 Å².